The molecule has 1 amide bonds. The van der Waals surface area contributed by atoms with Crippen molar-refractivity contribution in [1.82, 2.24) is 9.80 Å². The van der Waals surface area contributed by atoms with Gasteiger partial charge in [-0.1, -0.05) is 23.7 Å². The molecule has 0 unspecified atom stereocenters. The van der Waals surface area contributed by atoms with E-state index in [-0.39, 0.29) is 11.7 Å². The van der Waals surface area contributed by atoms with Gasteiger partial charge in [-0.2, -0.15) is 0 Å². The fourth-order valence-corrected chi connectivity index (χ4v) is 2.89. The summed E-state index contributed by atoms with van der Waals surface area (Å²) < 4.78 is 5.12. The summed E-state index contributed by atoms with van der Waals surface area (Å²) in [5.41, 5.74) is 0.958. The van der Waals surface area contributed by atoms with Gasteiger partial charge in [0.1, 0.15) is 0 Å². The van der Waals surface area contributed by atoms with Crippen LogP contribution >= 0.6 is 11.6 Å². The number of amides is 1. The molecule has 1 fully saturated rings. The van der Waals surface area contributed by atoms with Gasteiger partial charge in [-0.05, 0) is 29.8 Å². The first kappa shape index (κ1) is 16.7. The lowest BCUT2D eigenvalue weighted by molar-refractivity contribution is -0.132. The number of carbonyl (C=O) groups is 2. The van der Waals surface area contributed by atoms with E-state index in [9.17, 15) is 9.59 Å². The predicted molar refractivity (Wildman–Crippen MR) is 91.2 cm³/mol. The average Bonchev–Trinajstić information content (AvgIpc) is 3.12. The molecule has 1 aliphatic rings. The monoisotopic (exact) mass is 346 g/mol. The van der Waals surface area contributed by atoms with Crippen LogP contribution in [0.25, 0.3) is 0 Å². The molecule has 1 aromatic carbocycles. The Bertz CT molecular complexity index is 690. The maximum absolute atomic E-state index is 12.4. The molecule has 5 nitrogen and oxygen atoms in total. The van der Waals surface area contributed by atoms with Crippen molar-refractivity contribution >= 4 is 23.3 Å². The van der Waals surface area contributed by atoms with Crippen LogP contribution in [-0.4, -0.2) is 54.2 Å². The maximum atomic E-state index is 12.4. The Hall–Kier alpha value is -2.11. The van der Waals surface area contributed by atoms with E-state index in [1.165, 1.54) is 6.26 Å². The quantitative estimate of drug-likeness (QED) is 0.781. The van der Waals surface area contributed by atoms with Crippen molar-refractivity contribution in [2.24, 2.45) is 0 Å². The molecule has 3 rings (SSSR count). The molecule has 0 saturated carbocycles. The van der Waals surface area contributed by atoms with Gasteiger partial charge < -0.3 is 9.32 Å². The average molecular weight is 347 g/mol. The minimum absolute atomic E-state index is 0.0269. The van der Waals surface area contributed by atoms with Crippen LogP contribution in [0.15, 0.2) is 47.1 Å². The number of piperazine rings is 1. The normalized spacial score (nSPS) is 15.5. The number of halogens is 1. The molecule has 2 heterocycles. The number of ketones is 1. The molecule has 0 spiro atoms. The highest BCUT2D eigenvalue weighted by Gasteiger charge is 2.23. The molecule has 6 heteroatoms. The van der Waals surface area contributed by atoms with Crippen molar-refractivity contribution in [3.05, 3.63) is 59.0 Å². The third-order valence-electron chi connectivity index (χ3n) is 4.16. The number of carbonyl (C=O) groups excluding carboxylic acids is 2. The standard InChI is InChI=1S/C18H19ClN2O3/c19-15-5-3-14(4-6-15)12-18(23)21-9-7-20(8-10-21)13-16(22)17-2-1-11-24-17/h1-6,11H,7-10,12-13H2. The van der Waals surface area contributed by atoms with Gasteiger partial charge in [-0.3, -0.25) is 14.5 Å². The largest absolute Gasteiger partial charge is 0.461 e. The second-order valence-corrected chi connectivity index (χ2v) is 6.30. The van der Waals surface area contributed by atoms with Crippen LogP contribution in [0.1, 0.15) is 16.1 Å². The molecule has 1 saturated heterocycles. The Morgan fingerprint density at radius 2 is 1.75 bits per heavy atom. The second-order valence-electron chi connectivity index (χ2n) is 5.86. The van der Waals surface area contributed by atoms with Crippen LogP contribution < -0.4 is 0 Å². The molecule has 0 radical (unpaired) electrons. The zero-order valence-electron chi connectivity index (χ0n) is 13.3. The summed E-state index contributed by atoms with van der Waals surface area (Å²) in [6.45, 7) is 2.99. The van der Waals surface area contributed by atoms with Gasteiger partial charge in [-0.15, -0.1) is 0 Å². The molecular weight excluding hydrogens is 328 g/mol. The van der Waals surface area contributed by atoms with E-state index in [0.717, 1.165) is 5.56 Å². The van der Waals surface area contributed by atoms with Crippen molar-refractivity contribution in [1.29, 1.82) is 0 Å². The Labute approximate surface area is 145 Å². The second kappa shape index (κ2) is 7.64. The lowest BCUT2D eigenvalue weighted by atomic mass is 10.1. The van der Waals surface area contributed by atoms with Crippen LogP contribution in [0.3, 0.4) is 0 Å². The summed E-state index contributed by atoms with van der Waals surface area (Å²) >= 11 is 5.86. The lowest BCUT2D eigenvalue weighted by Crippen LogP contribution is -2.50. The zero-order valence-corrected chi connectivity index (χ0v) is 14.0. The number of furan rings is 1. The van der Waals surface area contributed by atoms with Gasteiger partial charge in [0.05, 0.1) is 19.2 Å². The molecule has 0 atom stereocenters. The molecule has 0 bridgehead atoms. The molecular formula is C18H19ClN2O3. The lowest BCUT2D eigenvalue weighted by Gasteiger charge is -2.34. The molecule has 0 N–H and O–H groups in total. The topological polar surface area (TPSA) is 53.8 Å². The van der Waals surface area contributed by atoms with Crippen LogP contribution in [0.2, 0.25) is 5.02 Å². The van der Waals surface area contributed by atoms with E-state index in [2.05, 4.69) is 4.90 Å². The minimum Gasteiger partial charge on any atom is -0.461 e. The van der Waals surface area contributed by atoms with Crippen molar-refractivity contribution in [2.75, 3.05) is 32.7 Å². The first-order valence-corrected chi connectivity index (χ1v) is 8.31. The van der Waals surface area contributed by atoms with E-state index in [1.54, 1.807) is 24.3 Å². The minimum atomic E-state index is -0.0269. The zero-order chi connectivity index (χ0) is 16.9. The van der Waals surface area contributed by atoms with Crippen molar-refractivity contribution in [3.8, 4) is 0 Å². The van der Waals surface area contributed by atoms with E-state index < -0.39 is 0 Å². The maximum Gasteiger partial charge on any atom is 0.227 e. The van der Waals surface area contributed by atoms with E-state index in [4.69, 9.17) is 16.0 Å². The molecule has 126 valence electrons. The van der Waals surface area contributed by atoms with Crippen molar-refractivity contribution in [3.63, 3.8) is 0 Å². The van der Waals surface area contributed by atoms with Crippen LogP contribution in [0, 0.1) is 0 Å². The summed E-state index contributed by atoms with van der Waals surface area (Å²) in [5.74, 6) is 0.464. The summed E-state index contributed by atoms with van der Waals surface area (Å²) in [7, 11) is 0. The molecule has 1 aromatic heterocycles. The fourth-order valence-electron chi connectivity index (χ4n) is 2.76. The smallest absolute Gasteiger partial charge is 0.227 e. The first-order chi connectivity index (χ1) is 11.6. The highest BCUT2D eigenvalue weighted by Crippen LogP contribution is 2.12. The van der Waals surface area contributed by atoms with Crippen LogP contribution in [0.5, 0.6) is 0 Å². The summed E-state index contributed by atoms with van der Waals surface area (Å²) in [6, 6.07) is 10.7. The van der Waals surface area contributed by atoms with Gasteiger partial charge in [0, 0.05) is 31.2 Å². The number of hydrogen-bond donors (Lipinski definition) is 0. The SMILES string of the molecule is O=C(CN1CCN(C(=O)Cc2ccc(Cl)cc2)CC1)c1ccco1. The van der Waals surface area contributed by atoms with Gasteiger partial charge in [-0.25, -0.2) is 0 Å². The Balaban J connectivity index is 1.47. The predicted octanol–water partition coefficient (Wildman–Crippen LogP) is 2.50. The van der Waals surface area contributed by atoms with E-state index in [1.807, 2.05) is 17.0 Å². The van der Waals surface area contributed by atoms with E-state index in [0.29, 0.717) is 49.9 Å². The third kappa shape index (κ3) is 4.24. The summed E-state index contributed by atoms with van der Waals surface area (Å²) in [5, 5.41) is 0.668. The number of rotatable bonds is 5. The van der Waals surface area contributed by atoms with E-state index >= 15 is 0 Å². The highest BCUT2D eigenvalue weighted by molar-refractivity contribution is 6.30. The van der Waals surface area contributed by atoms with Crippen molar-refractivity contribution in [2.45, 2.75) is 6.42 Å². The highest BCUT2D eigenvalue weighted by atomic mass is 35.5. The molecule has 2 aromatic rings. The molecule has 0 aliphatic carbocycles. The number of benzene rings is 1. The third-order valence-corrected chi connectivity index (χ3v) is 4.41. The summed E-state index contributed by atoms with van der Waals surface area (Å²) in [4.78, 5) is 28.3. The van der Waals surface area contributed by atoms with Crippen LogP contribution in [-0.2, 0) is 11.2 Å². The Morgan fingerprint density at radius 3 is 2.38 bits per heavy atom. The number of Topliss-reactive ketones (excluding diaryl/α,β-unsaturated/α-hetero) is 1. The number of nitrogens with zero attached hydrogens (tertiary/aromatic N) is 2. The first-order valence-electron chi connectivity index (χ1n) is 7.93. The van der Waals surface area contributed by atoms with Gasteiger partial charge >= 0.3 is 0 Å². The van der Waals surface area contributed by atoms with Gasteiger partial charge in [0.25, 0.3) is 0 Å². The molecule has 24 heavy (non-hydrogen) atoms. The number of hydrogen-bond acceptors (Lipinski definition) is 4. The summed E-state index contributed by atoms with van der Waals surface area (Å²) in [6.07, 6.45) is 1.88. The van der Waals surface area contributed by atoms with Crippen LogP contribution in [0.4, 0.5) is 0 Å². The van der Waals surface area contributed by atoms with Crippen molar-refractivity contribution < 1.29 is 14.0 Å². The van der Waals surface area contributed by atoms with Gasteiger partial charge in [0.2, 0.25) is 11.7 Å². The van der Waals surface area contributed by atoms with Gasteiger partial charge in [0.15, 0.2) is 5.76 Å². The Morgan fingerprint density at radius 1 is 1.04 bits per heavy atom. The Kier molecular flexibility index (Phi) is 5.33. The molecule has 1 aliphatic heterocycles. The fraction of sp³-hybridized carbons (Fsp3) is 0.333.